The molecule has 0 fully saturated rings. The van der Waals surface area contributed by atoms with Crippen molar-refractivity contribution in [3.05, 3.63) is 57.8 Å². The summed E-state index contributed by atoms with van der Waals surface area (Å²) in [4.78, 5) is 2.32. The second-order valence-corrected chi connectivity index (χ2v) is 6.38. The Morgan fingerprint density at radius 3 is 2.18 bits per heavy atom. The van der Waals surface area contributed by atoms with Crippen LogP contribution in [0.5, 0.6) is 0 Å². The van der Waals surface area contributed by atoms with E-state index in [1.165, 1.54) is 4.88 Å². The Morgan fingerprint density at radius 2 is 1.65 bits per heavy atom. The maximum atomic E-state index is 10.3. The molecule has 2 aromatic rings. The number of hydrogen-bond donors (Lipinski definition) is 1. The molecule has 1 atom stereocenters. The summed E-state index contributed by atoms with van der Waals surface area (Å²) in [5.41, 5.74) is 1.11. The Labute approximate surface area is 107 Å². The van der Waals surface area contributed by atoms with Crippen LogP contribution in [-0.2, 0) is 5.41 Å². The van der Waals surface area contributed by atoms with Gasteiger partial charge in [0.05, 0.1) is 0 Å². The molecule has 0 saturated carbocycles. The van der Waals surface area contributed by atoms with Crippen molar-refractivity contribution in [2.45, 2.75) is 32.3 Å². The summed E-state index contributed by atoms with van der Waals surface area (Å²) < 4.78 is 0. The van der Waals surface area contributed by atoms with Crippen LogP contribution in [0.1, 0.15) is 42.2 Å². The third kappa shape index (κ3) is 2.76. The zero-order chi connectivity index (χ0) is 12.5. The second kappa shape index (κ2) is 4.63. The summed E-state index contributed by atoms with van der Waals surface area (Å²) in [6.07, 6.45) is -0.503. The van der Waals surface area contributed by atoms with Crippen molar-refractivity contribution >= 4 is 11.3 Å². The van der Waals surface area contributed by atoms with E-state index in [4.69, 9.17) is 0 Å². The monoisotopic (exact) mass is 246 g/mol. The molecule has 0 radical (unpaired) electrons. The third-order valence-corrected chi connectivity index (χ3v) is 4.31. The van der Waals surface area contributed by atoms with Crippen LogP contribution in [0.25, 0.3) is 0 Å². The van der Waals surface area contributed by atoms with Crippen molar-refractivity contribution in [2.24, 2.45) is 0 Å². The number of benzene rings is 1. The van der Waals surface area contributed by atoms with E-state index in [2.05, 4.69) is 26.8 Å². The van der Waals surface area contributed by atoms with Crippen LogP contribution < -0.4 is 0 Å². The Bertz CT molecular complexity index is 479. The number of thiophene rings is 1. The van der Waals surface area contributed by atoms with Crippen LogP contribution in [0.4, 0.5) is 0 Å². The van der Waals surface area contributed by atoms with Gasteiger partial charge in [0.25, 0.3) is 0 Å². The molecular weight excluding hydrogens is 228 g/mol. The van der Waals surface area contributed by atoms with Gasteiger partial charge in [0.15, 0.2) is 0 Å². The topological polar surface area (TPSA) is 20.2 Å². The maximum absolute atomic E-state index is 10.3. The number of hydrogen-bond acceptors (Lipinski definition) is 2. The van der Waals surface area contributed by atoms with Crippen LogP contribution in [0, 0.1) is 0 Å². The zero-order valence-electron chi connectivity index (χ0n) is 10.5. The van der Waals surface area contributed by atoms with Gasteiger partial charge in [-0.15, -0.1) is 11.3 Å². The van der Waals surface area contributed by atoms with E-state index < -0.39 is 6.10 Å². The molecule has 1 heterocycles. The summed E-state index contributed by atoms with van der Waals surface area (Å²) in [7, 11) is 0. The van der Waals surface area contributed by atoms with Crippen molar-refractivity contribution in [1.82, 2.24) is 0 Å². The van der Waals surface area contributed by atoms with E-state index in [0.29, 0.717) is 0 Å². The summed E-state index contributed by atoms with van der Waals surface area (Å²) in [6, 6.07) is 13.9. The number of aliphatic hydroxyl groups excluding tert-OH is 1. The van der Waals surface area contributed by atoms with Gasteiger partial charge >= 0.3 is 0 Å². The molecule has 2 heteroatoms. The number of rotatable bonds is 2. The predicted molar refractivity (Wildman–Crippen MR) is 73.5 cm³/mol. The largest absolute Gasteiger partial charge is 0.383 e. The molecule has 1 unspecified atom stereocenters. The van der Waals surface area contributed by atoms with Gasteiger partial charge in [0, 0.05) is 9.75 Å². The lowest BCUT2D eigenvalue weighted by Gasteiger charge is -2.15. The Morgan fingerprint density at radius 1 is 1.00 bits per heavy atom. The minimum atomic E-state index is -0.503. The minimum absolute atomic E-state index is 0.152. The van der Waals surface area contributed by atoms with E-state index in [1.54, 1.807) is 11.3 Å². The molecule has 1 aromatic heterocycles. The molecule has 1 nitrogen and oxygen atoms in total. The molecule has 0 aliphatic heterocycles. The first-order chi connectivity index (χ1) is 7.98. The van der Waals surface area contributed by atoms with Gasteiger partial charge in [-0.1, -0.05) is 51.1 Å². The summed E-state index contributed by atoms with van der Waals surface area (Å²) >= 11 is 1.69. The fourth-order valence-corrected chi connectivity index (χ4v) is 2.78. The van der Waals surface area contributed by atoms with Crippen LogP contribution in [-0.4, -0.2) is 5.11 Å². The smallest absolute Gasteiger partial charge is 0.113 e. The van der Waals surface area contributed by atoms with Crippen molar-refractivity contribution in [1.29, 1.82) is 0 Å². The molecule has 90 valence electrons. The standard InChI is InChI=1S/C15H18OS/c1-15(2,3)13-10-9-12(17-13)14(16)11-7-5-4-6-8-11/h4-10,14,16H,1-3H3. The Kier molecular flexibility index (Phi) is 3.36. The summed E-state index contributed by atoms with van der Waals surface area (Å²) in [6.45, 7) is 6.58. The lowest BCUT2D eigenvalue weighted by atomic mass is 9.95. The van der Waals surface area contributed by atoms with E-state index in [0.717, 1.165) is 10.4 Å². The van der Waals surface area contributed by atoms with Gasteiger partial charge in [-0.2, -0.15) is 0 Å². The normalized spacial score (nSPS) is 13.6. The predicted octanol–water partition coefficient (Wildman–Crippen LogP) is 4.13. The molecule has 0 bridgehead atoms. The van der Waals surface area contributed by atoms with Gasteiger partial charge in [-0.3, -0.25) is 0 Å². The summed E-state index contributed by atoms with van der Waals surface area (Å²) in [5, 5.41) is 10.3. The highest BCUT2D eigenvalue weighted by atomic mass is 32.1. The minimum Gasteiger partial charge on any atom is -0.383 e. The fourth-order valence-electron chi connectivity index (χ4n) is 1.70. The second-order valence-electron chi connectivity index (χ2n) is 5.27. The van der Waals surface area contributed by atoms with Gasteiger partial charge in [0.2, 0.25) is 0 Å². The molecule has 0 aliphatic rings. The third-order valence-electron chi connectivity index (χ3n) is 2.75. The highest BCUT2D eigenvalue weighted by molar-refractivity contribution is 7.12. The lowest BCUT2D eigenvalue weighted by Crippen LogP contribution is -2.07. The van der Waals surface area contributed by atoms with Gasteiger partial charge in [-0.25, -0.2) is 0 Å². The molecule has 1 N–H and O–H groups in total. The Balaban J connectivity index is 2.27. The van der Waals surface area contributed by atoms with Gasteiger partial charge in [0.1, 0.15) is 6.10 Å². The first-order valence-corrected chi connectivity index (χ1v) is 6.63. The first kappa shape index (κ1) is 12.3. The highest BCUT2D eigenvalue weighted by Crippen LogP contribution is 2.34. The van der Waals surface area contributed by atoms with Crippen molar-refractivity contribution in [3.63, 3.8) is 0 Å². The van der Waals surface area contributed by atoms with Gasteiger partial charge in [-0.05, 0) is 23.1 Å². The van der Waals surface area contributed by atoms with Crippen LogP contribution in [0.15, 0.2) is 42.5 Å². The summed E-state index contributed by atoms with van der Waals surface area (Å²) in [5.74, 6) is 0. The maximum Gasteiger partial charge on any atom is 0.113 e. The molecule has 0 saturated heterocycles. The quantitative estimate of drug-likeness (QED) is 0.845. The molecular formula is C15H18OS. The van der Waals surface area contributed by atoms with Crippen molar-refractivity contribution in [3.8, 4) is 0 Å². The van der Waals surface area contributed by atoms with Crippen molar-refractivity contribution in [2.75, 3.05) is 0 Å². The average Bonchev–Trinajstić information content (AvgIpc) is 2.78. The molecule has 2 rings (SSSR count). The fraction of sp³-hybridized carbons (Fsp3) is 0.333. The highest BCUT2D eigenvalue weighted by Gasteiger charge is 2.19. The molecule has 0 aliphatic carbocycles. The van der Waals surface area contributed by atoms with E-state index in [9.17, 15) is 5.11 Å². The van der Waals surface area contributed by atoms with E-state index in [1.807, 2.05) is 36.4 Å². The van der Waals surface area contributed by atoms with Crippen LogP contribution in [0.2, 0.25) is 0 Å². The molecule has 0 spiro atoms. The lowest BCUT2D eigenvalue weighted by molar-refractivity contribution is 0.224. The van der Waals surface area contributed by atoms with Gasteiger partial charge < -0.3 is 5.11 Å². The SMILES string of the molecule is CC(C)(C)c1ccc(C(O)c2ccccc2)s1. The van der Waals surface area contributed by atoms with Crippen LogP contribution in [0.3, 0.4) is 0 Å². The van der Waals surface area contributed by atoms with Crippen LogP contribution >= 0.6 is 11.3 Å². The van der Waals surface area contributed by atoms with E-state index in [-0.39, 0.29) is 5.41 Å². The molecule has 0 amide bonds. The average molecular weight is 246 g/mol. The molecule has 1 aromatic carbocycles. The van der Waals surface area contributed by atoms with E-state index >= 15 is 0 Å². The first-order valence-electron chi connectivity index (χ1n) is 5.82. The van der Waals surface area contributed by atoms with Crippen molar-refractivity contribution < 1.29 is 5.11 Å². The molecule has 17 heavy (non-hydrogen) atoms. The number of aliphatic hydroxyl groups is 1. The zero-order valence-corrected chi connectivity index (χ0v) is 11.3. The Hall–Kier alpha value is -1.12.